The molecule has 0 aromatic carbocycles. The van der Waals surface area contributed by atoms with Gasteiger partial charge >= 0.3 is 5.97 Å². The number of hydrogen-bond acceptors (Lipinski definition) is 4. The van der Waals surface area contributed by atoms with Crippen molar-refractivity contribution in [2.24, 2.45) is 5.92 Å². The highest BCUT2D eigenvalue weighted by Gasteiger charge is 2.27. The summed E-state index contributed by atoms with van der Waals surface area (Å²) in [5.41, 5.74) is 0. The van der Waals surface area contributed by atoms with Crippen LogP contribution in [-0.2, 0) is 14.3 Å². The summed E-state index contributed by atoms with van der Waals surface area (Å²) in [7, 11) is 1.42. The smallest absolute Gasteiger partial charge is 0.309 e. The summed E-state index contributed by atoms with van der Waals surface area (Å²) in [6.07, 6.45) is 1.81. The van der Waals surface area contributed by atoms with Crippen LogP contribution in [0.5, 0.6) is 0 Å². The minimum absolute atomic E-state index is 0.0757. The first-order valence-corrected chi connectivity index (χ1v) is 6.70. The first-order chi connectivity index (χ1) is 8.62. The fourth-order valence-corrected chi connectivity index (χ4v) is 2.43. The zero-order valence-corrected chi connectivity index (χ0v) is 11.6. The van der Waals surface area contributed by atoms with E-state index in [1.165, 1.54) is 7.11 Å². The number of rotatable bonds is 5. The number of carbonyl (C=O) groups is 2. The number of carbonyl (C=O) groups excluding carboxylic acids is 2. The second-order valence-corrected chi connectivity index (χ2v) is 4.66. The van der Waals surface area contributed by atoms with E-state index in [2.05, 4.69) is 4.90 Å². The summed E-state index contributed by atoms with van der Waals surface area (Å²) in [5, 5.41) is 0. The average molecular weight is 256 g/mol. The molecule has 1 amide bonds. The standard InChI is InChI=1S/C13H24N2O3/c1-4-15(5-2)12(16)10-14-8-6-7-11(9-14)13(17)18-3/h11H,4-10H2,1-3H3/t11-/m0/s1. The van der Waals surface area contributed by atoms with E-state index < -0.39 is 0 Å². The van der Waals surface area contributed by atoms with Gasteiger partial charge in [0.2, 0.25) is 5.91 Å². The summed E-state index contributed by atoms with van der Waals surface area (Å²) in [6, 6.07) is 0. The molecule has 0 N–H and O–H groups in total. The largest absolute Gasteiger partial charge is 0.469 e. The van der Waals surface area contributed by atoms with E-state index in [0.717, 1.165) is 32.5 Å². The Morgan fingerprint density at radius 1 is 1.33 bits per heavy atom. The van der Waals surface area contributed by atoms with Gasteiger partial charge in [-0.3, -0.25) is 14.5 Å². The lowest BCUT2D eigenvalue weighted by Gasteiger charge is -2.32. The van der Waals surface area contributed by atoms with E-state index in [1.54, 1.807) is 0 Å². The molecule has 5 nitrogen and oxygen atoms in total. The van der Waals surface area contributed by atoms with E-state index in [0.29, 0.717) is 13.1 Å². The van der Waals surface area contributed by atoms with E-state index >= 15 is 0 Å². The Labute approximate surface area is 109 Å². The lowest BCUT2D eigenvalue weighted by molar-refractivity contribution is -0.148. The van der Waals surface area contributed by atoms with E-state index in [1.807, 2.05) is 18.7 Å². The van der Waals surface area contributed by atoms with Crippen molar-refractivity contribution in [1.82, 2.24) is 9.80 Å². The first kappa shape index (κ1) is 15.0. The van der Waals surface area contributed by atoms with Crippen LogP contribution in [-0.4, -0.2) is 61.5 Å². The van der Waals surface area contributed by atoms with E-state index in [4.69, 9.17) is 4.74 Å². The number of methoxy groups -OCH3 is 1. The van der Waals surface area contributed by atoms with Gasteiger partial charge in [-0.25, -0.2) is 0 Å². The maximum Gasteiger partial charge on any atom is 0.309 e. The summed E-state index contributed by atoms with van der Waals surface area (Å²) in [6.45, 7) is 7.38. The van der Waals surface area contributed by atoms with Crippen molar-refractivity contribution in [2.75, 3.05) is 39.8 Å². The van der Waals surface area contributed by atoms with Crippen molar-refractivity contribution in [3.63, 3.8) is 0 Å². The number of piperidine rings is 1. The molecule has 0 bridgehead atoms. The summed E-state index contributed by atoms with van der Waals surface area (Å²) in [5.74, 6) is -0.0891. The fourth-order valence-electron chi connectivity index (χ4n) is 2.43. The molecule has 0 aromatic heterocycles. The number of likely N-dealkylation sites (tertiary alicyclic amines) is 1. The van der Waals surface area contributed by atoms with Gasteiger partial charge in [-0.1, -0.05) is 0 Å². The highest BCUT2D eigenvalue weighted by Crippen LogP contribution is 2.17. The molecule has 0 spiro atoms. The van der Waals surface area contributed by atoms with Crippen LogP contribution < -0.4 is 0 Å². The van der Waals surface area contributed by atoms with E-state index in [-0.39, 0.29) is 17.8 Å². The summed E-state index contributed by atoms with van der Waals surface area (Å²) >= 11 is 0. The highest BCUT2D eigenvalue weighted by atomic mass is 16.5. The number of esters is 1. The molecular formula is C13H24N2O3. The topological polar surface area (TPSA) is 49.9 Å². The SMILES string of the molecule is CCN(CC)C(=O)CN1CCC[C@H](C(=O)OC)C1. The Hall–Kier alpha value is -1.10. The van der Waals surface area contributed by atoms with Gasteiger partial charge in [0.05, 0.1) is 19.6 Å². The summed E-state index contributed by atoms with van der Waals surface area (Å²) < 4.78 is 4.77. The molecule has 1 heterocycles. The van der Waals surface area contributed by atoms with Crippen molar-refractivity contribution in [3.05, 3.63) is 0 Å². The minimum Gasteiger partial charge on any atom is -0.469 e. The summed E-state index contributed by atoms with van der Waals surface area (Å²) in [4.78, 5) is 27.4. The molecule has 1 saturated heterocycles. The molecule has 0 saturated carbocycles. The van der Waals surface area contributed by atoms with Gasteiger partial charge in [-0.05, 0) is 33.2 Å². The van der Waals surface area contributed by atoms with Crippen molar-refractivity contribution in [1.29, 1.82) is 0 Å². The number of hydrogen-bond donors (Lipinski definition) is 0. The van der Waals surface area contributed by atoms with Gasteiger partial charge < -0.3 is 9.64 Å². The zero-order chi connectivity index (χ0) is 13.5. The fraction of sp³-hybridized carbons (Fsp3) is 0.846. The number of ether oxygens (including phenoxy) is 1. The van der Waals surface area contributed by atoms with Crippen LogP contribution in [0.2, 0.25) is 0 Å². The first-order valence-electron chi connectivity index (χ1n) is 6.70. The molecule has 1 atom stereocenters. The molecule has 0 aromatic rings. The Morgan fingerprint density at radius 2 is 2.00 bits per heavy atom. The Bertz CT molecular complexity index is 290. The lowest BCUT2D eigenvalue weighted by atomic mass is 9.98. The molecule has 0 radical (unpaired) electrons. The van der Waals surface area contributed by atoms with Crippen LogP contribution in [0.1, 0.15) is 26.7 Å². The monoisotopic (exact) mass is 256 g/mol. The molecule has 104 valence electrons. The maximum atomic E-state index is 12.0. The predicted octanol–water partition coefficient (Wildman–Crippen LogP) is 0.740. The number of nitrogens with zero attached hydrogens (tertiary/aromatic N) is 2. The van der Waals surface area contributed by atoms with Crippen molar-refractivity contribution < 1.29 is 14.3 Å². The zero-order valence-electron chi connectivity index (χ0n) is 11.6. The molecule has 1 rings (SSSR count). The van der Waals surface area contributed by atoms with Gasteiger partial charge in [0, 0.05) is 19.6 Å². The lowest BCUT2D eigenvalue weighted by Crippen LogP contribution is -2.45. The van der Waals surface area contributed by atoms with Crippen LogP contribution in [0.4, 0.5) is 0 Å². The van der Waals surface area contributed by atoms with Crippen LogP contribution in [0.25, 0.3) is 0 Å². The Balaban J connectivity index is 2.47. The quantitative estimate of drug-likeness (QED) is 0.681. The average Bonchev–Trinajstić information content (AvgIpc) is 2.39. The van der Waals surface area contributed by atoms with Crippen LogP contribution in [0, 0.1) is 5.92 Å². The van der Waals surface area contributed by atoms with Crippen molar-refractivity contribution in [3.8, 4) is 0 Å². The van der Waals surface area contributed by atoms with Gasteiger partial charge in [-0.2, -0.15) is 0 Å². The van der Waals surface area contributed by atoms with Gasteiger partial charge in [-0.15, -0.1) is 0 Å². The van der Waals surface area contributed by atoms with Crippen LogP contribution >= 0.6 is 0 Å². The van der Waals surface area contributed by atoms with Crippen molar-refractivity contribution >= 4 is 11.9 Å². The van der Waals surface area contributed by atoms with Crippen LogP contribution in [0.3, 0.4) is 0 Å². The molecule has 0 aliphatic carbocycles. The highest BCUT2D eigenvalue weighted by molar-refractivity contribution is 5.78. The third-order valence-corrected chi connectivity index (χ3v) is 3.52. The van der Waals surface area contributed by atoms with Gasteiger partial charge in [0.15, 0.2) is 0 Å². The third-order valence-electron chi connectivity index (χ3n) is 3.52. The van der Waals surface area contributed by atoms with Crippen molar-refractivity contribution in [2.45, 2.75) is 26.7 Å². The number of likely N-dealkylation sites (N-methyl/N-ethyl adjacent to an activating group) is 1. The third kappa shape index (κ3) is 3.98. The Morgan fingerprint density at radius 3 is 2.56 bits per heavy atom. The van der Waals surface area contributed by atoms with Crippen LogP contribution in [0.15, 0.2) is 0 Å². The number of amides is 1. The van der Waals surface area contributed by atoms with Gasteiger partial charge in [0.1, 0.15) is 0 Å². The second-order valence-electron chi connectivity index (χ2n) is 4.66. The molecule has 1 fully saturated rings. The van der Waals surface area contributed by atoms with E-state index in [9.17, 15) is 9.59 Å². The second kappa shape index (κ2) is 7.36. The molecular weight excluding hydrogens is 232 g/mol. The predicted molar refractivity (Wildman–Crippen MR) is 69.1 cm³/mol. The normalized spacial score (nSPS) is 20.5. The Kier molecular flexibility index (Phi) is 6.12. The molecule has 5 heteroatoms. The maximum absolute atomic E-state index is 12.0. The molecule has 18 heavy (non-hydrogen) atoms. The molecule has 0 unspecified atom stereocenters. The molecule has 1 aliphatic rings. The molecule has 1 aliphatic heterocycles. The minimum atomic E-state index is -0.157. The van der Waals surface area contributed by atoms with Gasteiger partial charge in [0.25, 0.3) is 0 Å².